The number of hydrogen-bond acceptors (Lipinski definition) is 3. The van der Waals surface area contributed by atoms with Crippen molar-refractivity contribution < 1.29 is 4.74 Å². The Kier molecular flexibility index (Phi) is 1.65. The monoisotopic (exact) mass is 203 g/mol. The highest BCUT2D eigenvalue weighted by molar-refractivity contribution is 5.84. The minimum atomic E-state index is 0.520. The second-order valence-corrected chi connectivity index (χ2v) is 3.90. The summed E-state index contributed by atoms with van der Waals surface area (Å²) in [4.78, 5) is 4.34. The van der Waals surface area contributed by atoms with E-state index in [1.165, 1.54) is 12.8 Å². The van der Waals surface area contributed by atoms with Gasteiger partial charge in [0.1, 0.15) is 11.3 Å². The predicted octanol–water partition coefficient (Wildman–Crippen LogP) is 1.96. The number of para-hydroxylation sites is 1. The van der Waals surface area contributed by atoms with Crippen molar-refractivity contribution in [3.05, 3.63) is 18.2 Å². The fourth-order valence-corrected chi connectivity index (χ4v) is 2.00. The first-order chi connectivity index (χ1) is 7.31. The lowest BCUT2D eigenvalue weighted by Crippen LogP contribution is -2.01. The van der Waals surface area contributed by atoms with Gasteiger partial charge in [-0.05, 0) is 25.0 Å². The maximum absolute atomic E-state index is 5.91. The van der Waals surface area contributed by atoms with Crippen molar-refractivity contribution in [1.82, 2.24) is 9.55 Å². The van der Waals surface area contributed by atoms with Crippen molar-refractivity contribution in [1.29, 1.82) is 0 Å². The number of rotatable bonds is 2. The zero-order chi connectivity index (χ0) is 10.4. The van der Waals surface area contributed by atoms with Gasteiger partial charge in [0, 0.05) is 6.04 Å². The number of imidazole rings is 1. The van der Waals surface area contributed by atoms with Crippen LogP contribution < -0.4 is 10.5 Å². The second kappa shape index (κ2) is 2.89. The molecule has 1 fully saturated rings. The zero-order valence-electron chi connectivity index (χ0n) is 8.60. The van der Waals surface area contributed by atoms with E-state index in [2.05, 4.69) is 9.55 Å². The Morgan fingerprint density at radius 1 is 1.47 bits per heavy atom. The molecule has 0 spiro atoms. The van der Waals surface area contributed by atoms with Gasteiger partial charge >= 0.3 is 0 Å². The molecular formula is C11H13N3O. The lowest BCUT2D eigenvalue weighted by atomic mass is 10.3. The molecule has 0 radical (unpaired) electrons. The van der Waals surface area contributed by atoms with Gasteiger partial charge in [0.15, 0.2) is 0 Å². The first-order valence-electron chi connectivity index (χ1n) is 5.11. The number of anilines is 1. The van der Waals surface area contributed by atoms with Gasteiger partial charge in [0.05, 0.1) is 12.6 Å². The van der Waals surface area contributed by atoms with Crippen LogP contribution in [0.15, 0.2) is 18.2 Å². The molecule has 0 saturated heterocycles. The number of nitrogens with zero attached hydrogens (tertiary/aromatic N) is 2. The van der Waals surface area contributed by atoms with Crippen molar-refractivity contribution in [2.75, 3.05) is 12.8 Å². The van der Waals surface area contributed by atoms with Crippen molar-refractivity contribution in [2.45, 2.75) is 18.9 Å². The molecule has 3 rings (SSSR count). The minimum absolute atomic E-state index is 0.520. The van der Waals surface area contributed by atoms with Gasteiger partial charge in [-0.1, -0.05) is 6.07 Å². The van der Waals surface area contributed by atoms with E-state index in [9.17, 15) is 0 Å². The summed E-state index contributed by atoms with van der Waals surface area (Å²) < 4.78 is 7.43. The first-order valence-corrected chi connectivity index (χ1v) is 5.11. The largest absolute Gasteiger partial charge is 0.494 e. The average molecular weight is 203 g/mol. The van der Waals surface area contributed by atoms with Crippen molar-refractivity contribution in [3.8, 4) is 5.75 Å². The Morgan fingerprint density at radius 3 is 2.93 bits per heavy atom. The fourth-order valence-electron chi connectivity index (χ4n) is 2.00. The second-order valence-electron chi connectivity index (χ2n) is 3.90. The Morgan fingerprint density at radius 2 is 2.27 bits per heavy atom. The molecule has 4 heteroatoms. The molecule has 1 heterocycles. The summed E-state index contributed by atoms with van der Waals surface area (Å²) in [7, 11) is 1.68. The van der Waals surface area contributed by atoms with Crippen LogP contribution in [-0.4, -0.2) is 16.7 Å². The number of nitrogen functional groups attached to an aromatic ring is 1. The number of nitrogens with two attached hydrogens (primary N) is 1. The molecule has 15 heavy (non-hydrogen) atoms. The molecule has 0 aliphatic heterocycles. The van der Waals surface area contributed by atoms with E-state index in [0.29, 0.717) is 12.0 Å². The van der Waals surface area contributed by atoms with E-state index in [1.807, 2.05) is 18.2 Å². The molecule has 0 bridgehead atoms. The van der Waals surface area contributed by atoms with Crippen LogP contribution in [0.2, 0.25) is 0 Å². The van der Waals surface area contributed by atoms with Gasteiger partial charge in [-0.2, -0.15) is 0 Å². The smallest absolute Gasteiger partial charge is 0.201 e. The Hall–Kier alpha value is -1.71. The molecule has 4 nitrogen and oxygen atoms in total. The Balaban J connectivity index is 2.35. The number of benzene rings is 1. The standard InChI is InChI=1S/C11H13N3O/c1-15-9-4-2-3-8-10(9)14(7-5-6-7)11(12)13-8/h2-4,7H,5-6H2,1H3,(H2,12,13). The zero-order valence-corrected chi connectivity index (χ0v) is 8.60. The van der Waals surface area contributed by atoms with Crippen LogP contribution in [0.1, 0.15) is 18.9 Å². The molecule has 1 saturated carbocycles. The number of fused-ring (bicyclic) bond motifs is 1. The summed E-state index contributed by atoms with van der Waals surface area (Å²) in [5.41, 5.74) is 7.86. The van der Waals surface area contributed by atoms with Crippen molar-refractivity contribution >= 4 is 17.0 Å². The molecule has 2 N–H and O–H groups in total. The summed E-state index contributed by atoms with van der Waals surface area (Å²) in [5.74, 6) is 1.45. The van der Waals surface area contributed by atoms with Crippen LogP contribution in [0, 0.1) is 0 Å². The Bertz CT molecular complexity index is 514. The van der Waals surface area contributed by atoms with E-state index in [-0.39, 0.29) is 0 Å². The van der Waals surface area contributed by atoms with Crippen LogP contribution in [0.4, 0.5) is 5.95 Å². The maximum atomic E-state index is 5.91. The summed E-state index contributed by atoms with van der Waals surface area (Å²) in [6.07, 6.45) is 2.38. The van der Waals surface area contributed by atoms with E-state index in [4.69, 9.17) is 10.5 Å². The predicted molar refractivity (Wildman–Crippen MR) is 59.0 cm³/mol. The van der Waals surface area contributed by atoms with E-state index in [1.54, 1.807) is 7.11 Å². The lowest BCUT2D eigenvalue weighted by molar-refractivity contribution is 0.417. The molecule has 0 atom stereocenters. The Labute approximate surface area is 87.7 Å². The van der Waals surface area contributed by atoms with Gasteiger partial charge in [-0.15, -0.1) is 0 Å². The van der Waals surface area contributed by atoms with Gasteiger partial charge in [0.2, 0.25) is 5.95 Å². The number of methoxy groups -OCH3 is 1. The first kappa shape index (κ1) is 8.59. The summed E-state index contributed by atoms with van der Waals surface area (Å²) in [5, 5.41) is 0. The number of ether oxygens (including phenoxy) is 1. The minimum Gasteiger partial charge on any atom is -0.494 e. The highest BCUT2D eigenvalue weighted by Crippen LogP contribution is 2.41. The highest BCUT2D eigenvalue weighted by Gasteiger charge is 2.28. The SMILES string of the molecule is COc1cccc2nc(N)n(C3CC3)c12. The quantitative estimate of drug-likeness (QED) is 0.811. The molecule has 0 amide bonds. The van der Waals surface area contributed by atoms with E-state index in [0.717, 1.165) is 16.8 Å². The molecular weight excluding hydrogens is 190 g/mol. The van der Waals surface area contributed by atoms with Crippen LogP contribution >= 0.6 is 0 Å². The maximum Gasteiger partial charge on any atom is 0.201 e. The van der Waals surface area contributed by atoms with E-state index >= 15 is 0 Å². The lowest BCUT2D eigenvalue weighted by Gasteiger charge is -2.07. The third kappa shape index (κ3) is 1.17. The van der Waals surface area contributed by atoms with Crippen molar-refractivity contribution in [3.63, 3.8) is 0 Å². The molecule has 1 aromatic heterocycles. The summed E-state index contributed by atoms with van der Waals surface area (Å²) in [6, 6.07) is 6.37. The van der Waals surface area contributed by atoms with Crippen molar-refractivity contribution in [2.24, 2.45) is 0 Å². The third-order valence-corrected chi connectivity index (χ3v) is 2.83. The molecule has 78 valence electrons. The molecule has 2 aromatic rings. The summed E-state index contributed by atoms with van der Waals surface area (Å²) >= 11 is 0. The molecule has 1 aliphatic carbocycles. The number of hydrogen-bond donors (Lipinski definition) is 1. The van der Waals surface area contributed by atoms with Gasteiger partial charge in [-0.3, -0.25) is 0 Å². The number of aromatic nitrogens is 2. The summed E-state index contributed by atoms with van der Waals surface area (Å²) in [6.45, 7) is 0. The molecule has 1 aliphatic rings. The van der Waals surface area contributed by atoms with Gasteiger partial charge < -0.3 is 15.0 Å². The van der Waals surface area contributed by atoms with Gasteiger partial charge in [-0.25, -0.2) is 4.98 Å². The normalized spacial score (nSPS) is 15.8. The van der Waals surface area contributed by atoms with Gasteiger partial charge in [0.25, 0.3) is 0 Å². The van der Waals surface area contributed by atoms with Crippen LogP contribution in [0.25, 0.3) is 11.0 Å². The highest BCUT2D eigenvalue weighted by atomic mass is 16.5. The third-order valence-electron chi connectivity index (χ3n) is 2.83. The van der Waals surface area contributed by atoms with E-state index < -0.39 is 0 Å². The van der Waals surface area contributed by atoms with Crippen LogP contribution in [0.3, 0.4) is 0 Å². The molecule has 0 unspecified atom stereocenters. The fraction of sp³-hybridized carbons (Fsp3) is 0.364. The topological polar surface area (TPSA) is 53.1 Å². The molecule has 1 aromatic carbocycles. The van der Waals surface area contributed by atoms with Crippen LogP contribution in [0.5, 0.6) is 5.75 Å². The van der Waals surface area contributed by atoms with Crippen LogP contribution in [-0.2, 0) is 0 Å². The average Bonchev–Trinajstić information content (AvgIpc) is 3.00.